The first-order valence-electron chi connectivity index (χ1n) is 9.33. The first kappa shape index (κ1) is 17.0. The number of unbranched alkanes of at least 4 members (excludes halogenated alkanes) is 2. The summed E-state index contributed by atoms with van der Waals surface area (Å²) in [7, 11) is 0. The van der Waals surface area contributed by atoms with Crippen molar-refractivity contribution < 1.29 is 4.39 Å². The van der Waals surface area contributed by atoms with E-state index in [1.165, 1.54) is 48.8 Å². The molecule has 2 aromatic carbocycles. The van der Waals surface area contributed by atoms with Gasteiger partial charge in [0.2, 0.25) is 0 Å². The number of fused-ring (bicyclic) bond motifs is 1. The maximum atomic E-state index is 14.2. The Hall–Kier alpha value is -1.89. The van der Waals surface area contributed by atoms with Crippen LogP contribution in [-0.4, -0.2) is 0 Å². The Kier molecular flexibility index (Phi) is 5.50. The second kappa shape index (κ2) is 7.79. The molecule has 0 bridgehead atoms. The molecule has 2 aromatic rings. The monoisotopic (exact) mass is 322 g/mol. The molecule has 0 spiro atoms. The summed E-state index contributed by atoms with van der Waals surface area (Å²) >= 11 is 0. The summed E-state index contributed by atoms with van der Waals surface area (Å²) in [6.45, 7) is 4.49. The Morgan fingerprint density at radius 1 is 0.875 bits per heavy atom. The smallest absolute Gasteiger partial charge is 0.131 e. The van der Waals surface area contributed by atoms with Crippen LogP contribution in [0.3, 0.4) is 0 Å². The molecule has 0 saturated carbocycles. The minimum atomic E-state index is -0.123. The van der Waals surface area contributed by atoms with Gasteiger partial charge in [0.05, 0.1) is 0 Å². The number of allylic oxidation sites excluding steroid dienone is 4. The van der Waals surface area contributed by atoms with Crippen molar-refractivity contribution in [3.63, 3.8) is 0 Å². The first-order valence-corrected chi connectivity index (χ1v) is 9.33. The van der Waals surface area contributed by atoms with Gasteiger partial charge in [-0.05, 0) is 60.3 Å². The third-order valence-corrected chi connectivity index (χ3v) is 5.02. The summed E-state index contributed by atoms with van der Waals surface area (Å²) in [5, 5.41) is 1.78. The Morgan fingerprint density at radius 3 is 2.33 bits per heavy atom. The highest BCUT2D eigenvalue weighted by Crippen LogP contribution is 2.40. The van der Waals surface area contributed by atoms with Gasteiger partial charge in [-0.2, -0.15) is 0 Å². The molecule has 24 heavy (non-hydrogen) atoms. The van der Waals surface area contributed by atoms with E-state index in [9.17, 15) is 4.39 Å². The van der Waals surface area contributed by atoms with Crippen molar-refractivity contribution in [3.8, 4) is 0 Å². The minimum Gasteiger partial charge on any atom is -0.206 e. The second-order valence-electron chi connectivity index (χ2n) is 6.83. The van der Waals surface area contributed by atoms with Gasteiger partial charge in [-0.1, -0.05) is 68.7 Å². The molecule has 0 unspecified atom stereocenters. The molecular weight excluding hydrogens is 295 g/mol. The average molecular weight is 322 g/mol. The highest BCUT2D eigenvalue weighted by Gasteiger charge is 2.19. The van der Waals surface area contributed by atoms with E-state index in [2.05, 4.69) is 26.0 Å². The number of halogens is 1. The average Bonchev–Trinajstić information content (AvgIpc) is 3.01. The molecule has 0 aliphatic heterocycles. The van der Waals surface area contributed by atoms with E-state index in [0.717, 1.165) is 23.6 Å². The SMILES string of the molecule is CCCCC1=CC(CCCC)=C(c2ccc(F)c3ccccc23)C1. The largest absolute Gasteiger partial charge is 0.206 e. The van der Waals surface area contributed by atoms with E-state index in [1.807, 2.05) is 24.3 Å². The van der Waals surface area contributed by atoms with Crippen molar-refractivity contribution in [2.45, 2.75) is 58.8 Å². The van der Waals surface area contributed by atoms with Crippen LogP contribution in [0.1, 0.15) is 64.4 Å². The van der Waals surface area contributed by atoms with E-state index in [4.69, 9.17) is 0 Å². The van der Waals surface area contributed by atoms with Crippen LogP contribution in [0.2, 0.25) is 0 Å². The topological polar surface area (TPSA) is 0 Å². The minimum absolute atomic E-state index is 0.123. The van der Waals surface area contributed by atoms with Crippen LogP contribution in [0.25, 0.3) is 16.3 Å². The van der Waals surface area contributed by atoms with Gasteiger partial charge < -0.3 is 0 Å². The molecule has 1 heteroatoms. The second-order valence-corrected chi connectivity index (χ2v) is 6.83. The summed E-state index contributed by atoms with van der Waals surface area (Å²) in [5.74, 6) is -0.123. The van der Waals surface area contributed by atoms with E-state index in [0.29, 0.717) is 0 Å². The quantitative estimate of drug-likeness (QED) is 0.497. The fourth-order valence-corrected chi connectivity index (χ4v) is 3.67. The predicted molar refractivity (Wildman–Crippen MR) is 103 cm³/mol. The van der Waals surface area contributed by atoms with Crippen molar-refractivity contribution in [1.82, 2.24) is 0 Å². The molecule has 0 heterocycles. The summed E-state index contributed by atoms with van der Waals surface area (Å²) in [4.78, 5) is 0. The standard InChI is InChI=1S/C23H27F/c1-3-5-9-17-15-18(10-6-4-2)22(16-17)20-13-14-23(24)21-12-8-7-11-19(20)21/h7-8,11-15H,3-6,9-10,16H2,1-2H3. The molecule has 0 nitrogen and oxygen atoms in total. The Labute approximate surface area is 145 Å². The summed E-state index contributed by atoms with van der Waals surface area (Å²) in [5.41, 5.74) is 5.66. The van der Waals surface area contributed by atoms with Crippen molar-refractivity contribution in [1.29, 1.82) is 0 Å². The van der Waals surface area contributed by atoms with Gasteiger partial charge >= 0.3 is 0 Å². The maximum absolute atomic E-state index is 14.2. The van der Waals surface area contributed by atoms with Crippen molar-refractivity contribution in [2.75, 3.05) is 0 Å². The van der Waals surface area contributed by atoms with Crippen LogP contribution in [0.4, 0.5) is 4.39 Å². The number of hydrogen-bond donors (Lipinski definition) is 0. The summed E-state index contributed by atoms with van der Waals surface area (Å²) < 4.78 is 14.2. The number of hydrogen-bond acceptors (Lipinski definition) is 0. The Morgan fingerprint density at radius 2 is 1.58 bits per heavy atom. The van der Waals surface area contributed by atoms with E-state index < -0.39 is 0 Å². The lowest BCUT2D eigenvalue weighted by atomic mass is 9.92. The van der Waals surface area contributed by atoms with Crippen molar-refractivity contribution in [2.24, 2.45) is 0 Å². The lowest BCUT2D eigenvalue weighted by Gasteiger charge is -2.12. The maximum Gasteiger partial charge on any atom is 0.131 e. The van der Waals surface area contributed by atoms with Gasteiger partial charge in [0.25, 0.3) is 0 Å². The molecule has 3 rings (SSSR count). The molecule has 0 aromatic heterocycles. The zero-order valence-electron chi connectivity index (χ0n) is 14.9. The summed E-state index contributed by atoms with van der Waals surface area (Å²) in [6.07, 6.45) is 10.7. The Bertz CT molecular complexity index is 780. The first-order chi connectivity index (χ1) is 11.7. The van der Waals surface area contributed by atoms with Crippen LogP contribution >= 0.6 is 0 Å². The normalized spacial score (nSPS) is 14.5. The lowest BCUT2D eigenvalue weighted by molar-refractivity contribution is 0.640. The third-order valence-electron chi connectivity index (χ3n) is 5.02. The fourth-order valence-electron chi connectivity index (χ4n) is 3.67. The van der Waals surface area contributed by atoms with E-state index >= 15 is 0 Å². The molecule has 1 aliphatic rings. The van der Waals surface area contributed by atoms with Crippen molar-refractivity contribution >= 4 is 16.3 Å². The zero-order chi connectivity index (χ0) is 16.9. The van der Waals surface area contributed by atoms with Crippen LogP contribution in [-0.2, 0) is 0 Å². The van der Waals surface area contributed by atoms with E-state index in [-0.39, 0.29) is 5.82 Å². The lowest BCUT2D eigenvalue weighted by Crippen LogP contribution is -1.91. The fraction of sp³-hybridized carbons (Fsp3) is 0.391. The molecule has 0 saturated heterocycles. The molecule has 0 radical (unpaired) electrons. The van der Waals surface area contributed by atoms with Crippen LogP contribution in [0.5, 0.6) is 0 Å². The molecular formula is C23H27F. The van der Waals surface area contributed by atoms with Gasteiger partial charge in [-0.15, -0.1) is 0 Å². The molecule has 0 N–H and O–H groups in total. The van der Waals surface area contributed by atoms with Gasteiger partial charge in [0.1, 0.15) is 5.82 Å². The zero-order valence-corrected chi connectivity index (χ0v) is 14.9. The summed E-state index contributed by atoms with van der Waals surface area (Å²) in [6, 6.07) is 11.5. The Balaban J connectivity index is 2.01. The van der Waals surface area contributed by atoms with E-state index in [1.54, 1.807) is 11.6 Å². The van der Waals surface area contributed by atoms with Gasteiger partial charge in [0.15, 0.2) is 0 Å². The highest BCUT2D eigenvalue weighted by molar-refractivity contribution is 5.96. The number of rotatable bonds is 7. The molecule has 0 amide bonds. The predicted octanol–water partition coefficient (Wildman–Crippen LogP) is 7.44. The molecule has 0 fully saturated rings. The third kappa shape index (κ3) is 3.45. The highest BCUT2D eigenvalue weighted by atomic mass is 19.1. The van der Waals surface area contributed by atoms with Gasteiger partial charge in [-0.3, -0.25) is 0 Å². The molecule has 126 valence electrons. The molecule has 0 atom stereocenters. The number of benzene rings is 2. The van der Waals surface area contributed by atoms with Crippen LogP contribution in [0.15, 0.2) is 53.6 Å². The van der Waals surface area contributed by atoms with Crippen molar-refractivity contribution in [3.05, 3.63) is 65.0 Å². The van der Waals surface area contributed by atoms with Crippen LogP contribution < -0.4 is 0 Å². The van der Waals surface area contributed by atoms with Gasteiger partial charge in [-0.25, -0.2) is 4.39 Å². The molecule has 1 aliphatic carbocycles. The van der Waals surface area contributed by atoms with Crippen LogP contribution in [0, 0.1) is 5.82 Å². The van der Waals surface area contributed by atoms with Gasteiger partial charge in [0, 0.05) is 5.39 Å².